The van der Waals surface area contributed by atoms with Crippen LogP contribution in [-0.2, 0) is 20.9 Å². The van der Waals surface area contributed by atoms with Crippen LogP contribution in [0.2, 0.25) is 0 Å². The standard InChI is InChI=1S/C20H25FN4O3S/c1-20(2,3)17(18(22)28)25(12-13-4-6-14(21)7-5-13)16(27)9-8-15(26)24-19-23-10-11-29-19/h4-7,10-11,17H,8-9,12H2,1-3H3,(H2,22,28)(H,23,24,26). The molecule has 1 atom stereocenters. The van der Waals surface area contributed by atoms with Crippen molar-refractivity contribution < 1.29 is 18.8 Å². The molecule has 0 aliphatic rings. The lowest BCUT2D eigenvalue weighted by Gasteiger charge is -2.38. The first kappa shape index (κ1) is 22.5. The van der Waals surface area contributed by atoms with E-state index in [1.807, 2.05) is 20.8 Å². The van der Waals surface area contributed by atoms with E-state index in [2.05, 4.69) is 10.3 Å². The van der Waals surface area contributed by atoms with Crippen LogP contribution in [0.15, 0.2) is 35.8 Å². The Labute approximate surface area is 173 Å². The Balaban J connectivity index is 2.16. The average Bonchev–Trinajstić information content (AvgIpc) is 3.12. The summed E-state index contributed by atoms with van der Waals surface area (Å²) in [5, 5.41) is 4.80. The van der Waals surface area contributed by atoms with E-state index in [9.17, 15) is 18.8 Å². The summed E-state index contributed by atoms with van der Waals surface area (Å²) in [5.74, 6) is -1.77. The van der Waals surface area contributed by atoms with Crippen LogP contribution in [0.3, 0.4) is 0 Å². The molecule has 29 heavy (non-hydrogen) atoms. The fraction of sp³-hybridized carbons (Fsp3) is 0.400. The van der Waals surface area contributed by atoms with E-state index in [1.165, 1.54) is 28.4 Å². The van der Waals surface area contributed by atoms with Crippen LogP contribution >= 0.6 is 11.3 Å². The third-order valence-corrected chi connectivity index (χ3v) is 4.92. The van der Waals surface area contributed by atoms with Crippen molar-refractivity contribution in [2.75, 3.05) is 5.32 Å². The van der Waals surface area contributed by atoms with Crippen molar-refractivity contribution in [2.45, 2.75) is 46.2 Å². The first-order valence-electron chi connectivity index (χ1n) is 9.10. The minimum atomic E-state index is -0.887. The van der Waals surface area contributed by atoms with Crippen LogP contribution in [0.5, 0.6) is 0 Å². The number of anilines is 1. The summed E-state index contributed by atoms with van der Waals surface area (Å²) in [6.07, 6.45) is 1.41. The second kappa shape index (κ2) is 9.60. The maximum Gasteiger partial charge on any atom is 0.240 e. The van der Waals surface area contributed by atoms with E-state index in [4.69, 9.17) is 5.73 Å². The molecule has 2 aromatic rings. The van der Waals surface area contributed by atoms with Gasteiger partial charge in [0.1, 0.15) is 11.9 Å². The van der Waals surface area contributed by atoms with Crippen molar-refractivity contribution in [3.63, 3.8) is 0 Å². The van der Waals surface area contributed by atoms with E-state index in [-0.39, 0.29) is 31.2 Å². The summed E-state index contributed by atoms with van der Waals surface area (Å²) in [7, 11) is 0. The fourth-order valence-corrected chi connectivity index (χ4v) is 3.53. The zero-order valence-corrected chi connectivity index (χ0v) is 17.5. The van der Waals surface area contributed by atoms with Gasteiger partial charge in [0.2, 0.25) is 17.7 Å². The lowest BCUT2D eigenvalue weighted by molar-refractivity contribution is -0.144. The maximum absolute atomic E-state index is 13.2. The Hall–Kier alpha value is -2.81. The second-order valence-electron chi connectivity index (χ2n) is 7.70. The Kier molecular flexibility index (Phi) is 7.44. The van der Waals surface area contributed by atoms with Crippen LogP contribution in [0, 0.1) is 11.2 Å². The van der Waals surface area contributed by atoms with Gasteiger partial charge < -0.3 is 16.0 Å². The molecule has 1 unspecified atom stereocenters. The van der Waals surface area contributed by atoms with Crippen molar-refractivity contribution in [2.24, 2.45) is 11.1 Å². The van der Waals surface area contributed by atoms with Gasteiger partial charge in [0, 0.05) is 31.0 Å². The molecule has 0 fully saturated rings. The number of hydrogen-bond acceptors (Lipinski definition) is 5. The topological polar surface area (TPSA) is 105 Å². The van der Waals surface area contributed by atoms with Crippen LogP contribution in [0.4, 0.5) is 9.52 Å². The van der Waals surface area contributed by atoms with E-state index in [0.29, 0.717) is 10.7 Å². The highest BCUT2D eigenvalue weighted by Crippen LogP contribution is 2.27. The van der Waals surface area contributed by atoms with E-state index in [0.717, 1.165) is 0 Å². The Morgan fingerprint density at radius 3 is 2.38 bits per heavy atom. The van der Waals surface area contributed by atoms with Crippen molar-refractivity contribution in [1.82, 2.24) is 9.88 Å². The maximum atomic E-state index is 13.2. The van der Waals surface area contributed by atoms with Crippen LogP contribution in [0.25, 0.3) is 0 Å². The minimum absolute atomic E-state index is 0.0616. The van der Waals surface area contributed by atoms with Gasteiger partial charge >= 0.3 is 0 Å². The van der Waals surface area contributed by atoms with Crippen LogP contribution < -0.4 is 11.1 Å². The van der Waals surface area contributed by atoms with Crippen LogP contribution in [0.1, 0.15) is 39.2 Å². The lowest BCUT2D eigenvalue weighted by Crippen LogP contribution is -2.54. The number of carbonyl (C=O) groups excluding carboxylic acids is 3. The largest absolute Gasteiger partial charge is 0.368 e. The predicted molar refractivity (Wildman–Crippen MR) is 109 cm³/mol. The molecule has 1 aromatic carbocycles. The monoisotopic (exact) mass is 420 g/mol. The summed E-state index contributed by atoms with van der Waals surface area (Å²) in [6, 6.07) is 4.78. The molecular formula is C20H25FN4O3S. The molecule has 0 saturated carbocycles. The first-order valence-corrected chi connectivity index (χ1v) is 9.98. The number of nitrogens with one attached hydrogen (secondary N) is 1. The number of primary amides is 1. The van der Waals surface area contributed by atoms with E-state index in [1.54, 1.807) is 23.7 Å². The molecular weight excluding hydrogens is 395 g/mol. The normalized spacial score (nSPS) is 12.3. The van der Waals surface area contributed by atoms with E-state index < -0.39 is 23.2 Å². The number of halogens is 1. The predicted octanol–water partition coefficient (Wildman–Crippen LogP) is 2.93. The molecule has 0 saturated heterocycles. The van der Waals surface area contributed by atoms with Gasteiger partial charge in [0.05, 0.1) is 0 Å². The van der Waals surface area contributed by atoms with Gasteiger partial charge in [-0.05, 0) is 23.1 Å². The third kappa shape index (κ3) is 6.63. The Bertz CT molecular complexity index is 848. The van der Waals surface area contributed by atoms with Gasteiger partial charge in [-0.25, -0.2) is 9.37 Å². The molecule has 0 aliphatic heterocycles. The van der Waals surface area contributed by atoms with Gasteiger partial charge in [-0.3, -0.25) is 14.4 Å². The Morgan fingerprint density at radius 2 is 1.86 bits per heavy atom. The van der Waals surface area contributed by atoms with Gasteiger partial charge in [0.25, 0.3) is 0 Å². The highest BCUT2D eigenvalue weighted by Gasteiger charge is 2.37. The fourth-order valence-electron chi connectivity index (χ4n) is 2.99. The van der Waals surface area contributed by atoms with Crippen molar-refractivity contribution >= 4 is 34.2 Å². The molecule has 156 valence electrons. The first-order chi connectivity index (χ1) is 13.6. The number of aromatic nitrogens is 1. The molecule has 3 N–H and O–H groups in total. The molecule has 1 aromatic heterocycles. The van der Waals surface area contributed by atoms with Crippen LogP contribution in [-0.4, -0.2) is 33.6 Å². The molecule has 2 rings (SSSR count). The molecule has 7 nitrogen and oxygen atoms in total. The molecule has 3 amide bonds. The SMILES string of the molecule is CC(C)(C)C(C(N)=O)N(Cc1ccc(F)cc1)C(=O)CCC(=O)Nc1nccs1. The van der Waals surface area contributed by atoms with Gasteiger partial charge in [0.15, 0.2) is 5.13 Å². The van der Waals surface area contributed by atoms with E-state index >= 15 is 0 Å². The summed E-state index contributed by atoms with van der Waals surface area (Å²) < 4.78 is 13.2. The number of amides is 3. The highest BCUT2D eigenvalue weighted by molar-refractivity contribution is 7.13. The Morgan fingerprint density at radius 1 is 1.21 bits per heavy atom. The number of nitrogens with zero attached hydrogens (tertiary/aromatic N) is 2. The highest BCUT2D eigenvalue weighted by atomic mass is 32.1. The van der Waals surface area contributed by atoms with Gasteiger partial charge in [-0.15, -0.1) is 11.3 Å². The average molecular weight is 421 g/mol. The third-order valence-electron chi connectivity index (χ3n) is 4.23. The number of thiazole rings is 1. The van der Waals surface area contributed by atoms with Gasteiger partial charge in [-0.1, -0.05) is 32.9 Å². The zero-order valence-electron chi connectivity index (χ0n) is 16.6. The number of hydrogen-bond donors (Lipinski definition) is 2. The number of benzene rings is 1. The zero-order chi connectivity index (χ0) is 21.6. The lowest BCUT2D eigenvalue weighted by atomic mass is 9.84. The number of nitrogens with two attached hydrogens (primary N) is 1. The molecule has 0 radical (unpaired) electrons. The van der Waals surface area contributed by atoms with Crippen molar-refractivity contribution in [1.29, 1.82) is 0 Å². The smallest absolute Gasteiger partial charge is 0.240 e. The second-order valence-corrected chi connectivity index (χ2v) is 8.60. The van der Waals surface area contributed by atoms with Crippen molar-refractivity contribution in [3.8, 4) is 0 Å². The number of rotatable bonds is 8. The summed E-state index contributed by atoms with van der Waals surface area (Å²) in [4.78, 5) is 42.6. The summed E-state index contributed by atoms with van der Waals surface area (Å²) >= 11 is 1.28. The number of carbonyl (C=O) groups is 3. The minimum Gasteiger partial charge on any atom is -0.368 e. The quantitative estimate of drug-likeness (QED) is 0.685. The molecule has 0 spiro atoms. The molecule has 0 aliphatic carbocycles. The molecule has 9 heteroatoms. The van der Waals surface area contributed by atoms with Gasteiger partial charge in [-0.2, -0.15) is 0 Å². The molecule has 0 bridgehead atoms. The summed E-state index contributed by atoms with van der Waals surface area (Å²) in [5.41, 5.74) is 5.64. The van der Waals surface area contributed by atoms with Crippen molar-refractivity contribution in [3.05, 3.63) is 47.2 Å². The summed E-state index contributed by atoms with van der Waals surface area (Å²) in [6.45, 7) is 5.51. The molecule has 1 heterocycles.